The van der Waals surface area contributed by atoms with E-state index in [2.05, 4.69) is 6.07 Å². The second kappa shape index (κ2) is 4.62. The Kier molecular flexibility index (Phi) is 3.19. The van der Waals surface area contributed by atoms with Crippen molar-refractivity contribution in [2.24, 2.45) is 5.41 Å². The van der Waals surface area contributed by atoms with Gasteiger partial charge in [0.15, 0.2) is 0 Å². The second-order valence-corrected chi connectivity index (χ2v) is 4.45. The molecule has 1 heterocycles. The lowest BCUT2D eigenvalue weighted by Gasteiger charge is -2.37. The molecule has 1 amide bonds. The molecule has 1 fully saturated rings. The molecule has 0 aliphatic heterocycles. The van der Waals surface area contributed by atoms with Gasteiger partial charge in [0.1, 0.15) is 11.2 Å². The second-order valence-electron chi connectivity index (χ2n) is 4.45. The SMILES string of the molecule is CCN(Cc1ccco1)C(=O)C1(C#N)CCC1. The number of hydrogen-bond donors (Lipinski definition) is 0. The van der Waals surface area contributed by atoms with Crippen molar-refractivity contribution >= 4 is 5.91 Å². The van der Waals surface area contributed by atoms with Gasteiger partial charge < -0.3 is 9.32 Å². The third-order valence-electron chi connectivity index (χ3n) is 3.43. The Morgan fingerprint density at radius 3 is 2.82 bits per heavy atom. The van der Waals surface area contributed by atoms with Crippen LogP contribution in [0.2, 0.25) is 0 Å². The van der Waals surface area contributed by atoms with E-state index in [0.29, 0.717) is 25.9 Å². The molecule has 1 aliphatic rings. The summed E-state index contributed by atoms with van der Waals surface area (Å²) in [6.07, 6.45) is 3.95. The molecule has 1 aromatic heterocycles. The summed E-state index contributed by atoms with van der Waals surface area (Å²) in [4.78, 5) is 14.0. The first-order chi connectivity index (χ1) is 8.22. The summed E-state index contributed by atoms with van der Waals surface area (Å²) in [5, 5.41) is 9.16. The number of carbonyl (C=O) groups is 1. The summed E-state index contributed by atoms with van der Waals surface area (Å²) in [5.74, 6) is 0.706. The van der Waals surface area contributed by atoms with Gasteiger partial charge in [0.25, 0.3) is 0 Å². The zero-order valence-corrected chi connectivity index (χ0v) is 9.98. The van der Waals surface area contributed by atoms with Crippen molar-refractivity contribution in [2.45, 2.75) is 32.7 Å². The van der Waals surface area contributed by atoms with E-state index in [9.17, 15) is 4.79 Å². The Morgan fingerprint density at radius 1 is 1.65 bits per heavy atom. The van der Waals surface area contributed by atoms with Gasteiger partial charge >= 0.3 is 0 Å². The van der Waals surface area contributed by atoms with Crippen molar-refractivity contribution < 1.29 is 9.21 Å². The van der Waals surface area contributed by atoms with Crippen LogP contribution >= 0.6 is 0 Å². The van der Waals surface area contributed by atoms with E-state index in [1.807, 2.05) is 13.0 Å². The minimum absolute atomic E-state index is 0.0508. The van der Waals surface area contributed by atoms with E-state index in [0.717, 1.165) is 12.2 Å². The fourth-order valence-electron chi connectivity index (χ4n) is 2.12. The number of furan rings is 1. The molecule has 90 valence electrons. The van der Waals surface area contributed by atoms with Crippen molar-refractivity contribution in [3.63, 3.8) is 0 Å². The molecule has 1 aromatic rings. The summed E-state index contributed by atoms with van der Waals surface area (Å²) < 4.78 is 5.24. The van der Waals surface area contributed by atoms with Crippen LogP contribution in [0.15, 0.2) is 22.8 Å². The van der Waals surface area contributed by atoms with Gasteiger partial charge in [-0.1, -0.05) is 0 Å². The van der Waals surface area contributed by atoms with Crippen molar-refractivity contribution in [3.8, 4) is 6.07 Å². The fourth-order valence-corrected chi connectivity index (χ4v) is 2.12. The quantitative estimate of drug-likeness (QED) is 0.800. The highest BCUT2D eigenvalue weighted by Crippen LogP contribution is 2.42. The number of hydrogen-bond acceptors (Lipinski definition) is 3. The molecular formula is C13H16N2O2. The van der Waals surface area contributed by atoms with E-state index in [1.165, 1.54) is 0 Å². The van der Waals surface area contributed by atoms with E-state index >= 15 is 0 Å². The Bertz CT molecular complexity index is 427. The smallest absolute Gasteiger partial charge is 0.243 e. The zero-order valence-electron chi connectivity index (χ0n) is 9.98. The summed E-state index contributed by atoms with van der Waals surface area (Å²) in [6, 6.07) is 5.83. The Labute approximate surface area is 101 Å². The normalized spacial score (nSPS) is 16.9. The first-order valence-corrected chi connectivity index (χ1v) is 5.95. The van der Waals surface area contributed by atoms with Gasteiger partial charge in [0.2, 0.25) is 5.91 Å². The molecule has 17 heavy (non-hydrogen) atoms. The number of amides is 1. The average molecular weight is 232 g/mol. The molecule has 0 atom stereocenters. The molecule has 0 saturated heterocycles. The van der Waals surface area contributed by atoms with E-state index in [1.54, 1.807) is 17.2 Å². The van der Waals surface area contributed by atoms with Crippen LogP contribution in [-0.4, -0.2) is 17.4 Å². The molecular weight excluding hydrogens is 216 g/mol. The van der Waals surface area contributed by atoms with Gasteiger partial charge in [0.05, 0.1) is 18.9 Å². The van der Waals surface area contributed by atoms with Crippen LogP contribution in [0.1, 0.15) is 31.9 Å². The molecule has 4 heteroatoms. The molecule has 0 N–H and O–H groups in total. The average Bonchev–Trinajstić information content (AvgIpc) is 2.77. The van der Waals surface area contributed by atoms with Crippen LogP contribution in [0.5, 0.6) is 0 Å². The van der Waals surface area contributed by atoms with Crippen LogP contribution in [0, 0.1) is 16.7 Å². The van der Waals surface area contributed by atoms with Gasteiger partial charge in [-0.25, -0.2) is 0 Å². The Morgan fingerprint density at radius 2 is 2.41 bits per heavy atom. The Hall–Kier alpha value is -1.76. The van der Waals surface area contributed by atoms with E-state index in [4.69, 9.17) is 9.68 Å². The van der Waals surface area contributed by atoms with Gasteiger partial charge in [0, 0.05) is 6.54 Å². The lowest BCUT2D eigenvalue weighted by Crippen LogP contribution is -2.46. The summed E-state index contributed by atoms with van der Waals surface area (Å²) >= 11 is 0. The van der Waals surface area contributed by atoms with Gasteiger partial charge in [-0.3, -0.25) is 4.79 Å². The van der Waals surface area contributed by atoms with Crippen LogP contribution in [0.4, 0.5) is 0 Å². The minimum Gasteiger partial charge on any atom is -0.467 e. The van der Waals surface area contributed by atoms with Crippen molar-refractivity contribution in [1.82, 2.24) is 4.90 Å². The predicted octanol–water partition coefficient (Wildman–Crippen LogP) is 2.32. The van der Waals surface area contributed by atoms with Gasteiger partial charge in [-0.2, -0.15) is 5.26 Å². The van der Waals surface area contributed by atoms with Gasteiger partial charge in [-0.15, -0.1) is 0 Å². The van der Waals surface area contributed by atoms with E-state index < -0.39 is 5.41 Å². The minimum atomic E-state index is -0.761. The third kappa shape index (κ3) is 2.05. The highest BCUT2D eigenvalue weighted by Gasteiger charge is 2.46. The fraction of sp³-hybridized carbons (Fsp3) is 0.538. The molecule has 1 aliphatic carbocycles. The molecule has 0 spiro atoms. The van der Waals surface area contributed by atoms with Crippen LogP contribution in [-0.2, 0) is 11.3 Å². The molecule has 0 aromatic carbocycles. The topological polar surface area (TPSA) is 57.2 Å². The maximum Gasteiger partial charge on any atom is 0.243 e. The monoisotopic (exact) mass is 232 g/mol. The van der Waals surface area contributed by atoms with E-state index in [-0.39, 0.29) is 5.91 Å². The number of nitrogens with zero attached hydrogens (tertiary/aromatic N) is 2. The maximum atomic E-state index is 12.3. The zero-order chi connectivity index (χ0) is 12.3. The maximum absolute atomic E-state index is 12.3. The highest BCUT2D eigenvalue weighted by atomic mass is 16.3. The number of carbonyl (C=O) groups excluding carboxylic acids is 1. The first-order valence-electron chi connectivity index (χ1n) is 5.95. The molecule has 4 nitrogen and oxygen atoms in total. The summed E-state index contributed by atoms with van der Waals surface area (Å²) in [7, 11) is 0. The lowest BCUT2D eigenvalue weighted by atomic mass is 9.69. The van der Waals surface area contributed by atoms with Crippen molar-refractivity contribution in [2.75, 3.05) is 6.54 Å². The number of nitriles is 1. The van der Waals surface area contributed by atoms with Crippen LogP contribution < -0.4 is 0 Å². The van der Waals surface area contributed by atoms with Crippen LogP contribution in [0.25, 0.3) is 0 Å². The lowest BCUT2D eigenvalue weighted by molar-refractivity contribution is -0.143. The van der Waals surface area contributed by atoms with Crippen LogP contribution in [0.3, 0.4) is 0 Å². The molecule has 0 unspecified atom stereocenters. The summed E-state index contributed by atoms with van der Waals surface area (Å²) in [6.45, 7) is 2.97. The molecule has 0 bridgehead atoms. The van der Waals surface area contributed by atoms with Gasteiger partial charge in [-0.05, 0) is 38.3 Å². The largest absolute Gasteiger partial charge is 0.467 e. The van der Waals surface area contributed by atoms with Crippen molar-refractivity contribution in [3.05, 3.63) is 24.2 Å². The molecule has 2 rings (SSSR count). The standard InChI is InChI=1S/C13H16N2O2/c1-2-15(9-11-5-3-8-17-11)12(16)13(10-14)6-4-7-13/h3,5,8H,2,4,6-7,9H2,1H3. The molecule has 0 radical (unpaired) electrons. The number of rotatable bonds is 4. The molecule has 1 saturated carbocycles. The first kappa shape index (κ1) is 11.7. The third-order valence-corrected chi connectivity index (χ3v) is 3.43. The summed E-state index contributed by atoms with van der Waals surface area (Å²) in [5.41, 5.74) is -0.761. The predicted molar refractivity (Wildman–Crippen MR) is 61.7 cm³/mol. The van der Waals surface area contributed by atoms with Crippen molar-refractivity contribution in [1.29, 1.82) is 5.26 Å². The highest BCUT2D eigenvalue weighted by molar-refractivity contribution is 5.86. The Balaban J connectivity index is 2.08.